The molecule has 0 amide bonds. The molecule has 1 atom stereocenters. The van der Waals surface area contributed by atoms with E-state index in [1.165, 1.54) is 0 Å². The third-order valence-electron chi connectivity index (χ3n) is 1.29. The molecule has 1 unspecified atom stereocenters. The van der Waals surface area contributed by atoms with E-state index in [4.69, 9.17) is 16.6 Å². The van der Waals surface area contributed by atoms with Gasteiger partial charge in [0.2, 0.25) is 0 Å². The van der Waals surface area contributed by atoms with E-state index in [1.54, 1.807) is 0 Å². The first-order valence-corrected chi connectivity index (χ1v) is 3.37. The quantitative estimate of drug-likeness (QED) is 0.422. The van der Waals surface area contributed by atoms with Gasteiger partial charge in [0.15, 0.2) is 0 Å². The largest absolute Gasteiger partial charge is 2.00 e. The molecule has 0 aliphatic rings. The van der Waals surface area contributed by atoms with Crippen molar-refractivity contribution in [1.29, 1.82) is 0 Å². The van der Waals surface area contributed by atoms with Gasteiger partial charge in [0.1, 0.15) is 6.04 Å². The number of carboxylic acids is 1. The minimum atomic E-state index is -0.933. The summed E-state index contributed by atoms with van der Waals surface area (Å²) in [5, 5.41) is 8.33. The molecule has 0 aromatic carbocycles. The molecule has 0 spiro atoms. The molecule has 0 saturated heterocycles. The molecule has 0 aliphatic carbocycles. The van der Waals surface area contributed by atoms with Gasteiger partial charge in [-0.15, -0.1) is 0 Å². The number of hydrogen-bond acceptors (Lipinski definition) is 3. The van der Waals surface area contributed by atoms with Gasteiger partial charge in [0.05, 0.1) is 0 Å². The van der Waals surface area contributed by atoms with Crippen LogP contribution >= 0.6 is 0 Å². The Bertz CT molecular complexity index is 111. The third-order valence-corrected chi connectivity index (χ3v) is 1.29. The summed E-state index contributed by atoms with van der Waals surface area (Å²) in [5.74, 6) is -0.933. The Balaban J connectivity index is 0. The van der Waals surface area contributed by atoms with E-state index in [2.05, 4.69) is 0 Å². The van der Waals surface area contributed by atoms with Crippen molar-refractivity contribution in [2.24, 2.45) is 11.5 Å². The molecule has 0 bridgehead atoms. The smallest absolute Gasteiger partial charge is 0.480 e. The predicted molar refractivity (Wildman–Crippen MR) is 38.5 cm³/mol. The molecule has 0 saturated carbocycles. The van der Waals surface area contributed by atoms with Crippen LogP contribution in [0.15, 0.2) is 0 Å². The number of carbonyl (C=O) groups is 1. The molecule has 0 aliphatic heterocycles. The van der Waals surface area contributed by atoms with Gasteiger partial charge in [-0.05, 0) is 19.4 Å². The zero-order chi connectivity index (χ0) is 7.98. The minimum absolute atomic E-state index is 0. The van der Waals surface area contributed by atoms with Crippen LogP contribution in [0, 0.1) is 0 Å². The van der Waals surface area contributed by atoms with E-state index < -0.39 is 12.0 Å². The molecular weight excluding hydrogens is 196 g/mol. The molecule has 69 valence electrons. The van der Waals surface area contributed by atoms with Crippen molar-refractivity contribution in [3.8, 4) is 0 Å². The summed E-state index contributed by atoms with van der Waals surface area (Å²) >= 11 is 0. The van der Waals surface area contributed by atoms with E-state index in [0.29, 0.717) is 13.0 Å². The first kappa shape index (κ1) is 13.5. The molecule has 0 fully saturated rings. The Kier molecular flexibility index (Phi) is 9.83. The zero-order valence-corrected chi connectivity index (χ0v) is 7.16. The molecule has 4 nitrogen and oxygen atoms in total. The maximum absolute atomic E-state index is 10.1. The summed E-state index contributed by atoms with van der Waals surface area (Å²) in [7, 11) is 0. The van der Waals surface area contributed by atoms with E-state index in [-0.39, 0.29) is 17.1 Å². The normalized spacial score (nSPS) is 11.8. The number of hydrogen-bond donors (Lipinski definition) is 3. The number of carboxylic acid groups (broad SMARTS) is 1. The first-order valence-electron chi connectivity index (χ1n) is 3.37. The van der Waals surface area contributed by atoms with Gasteiger partial charge in [-0.25, -0.2) is 0 Å². The Morgan fingerprint density at radius 2 is 2.00 bits per heavy atom. The molecule has 0 heterocycles. The monoisotopic (exact) mass is 209 g/mol. The summed E-state index contributed by atoms with van der Waals surface area (Å²) in [6.45, 7) is 0.604. The van der Waals surface area contributed by atoms with E-state index in [1.807, 2.05) is 0 Å². The summed E-state index contributed by atoms with van der Waals surface area (Å²) in [5.41, 5.74) is 10.4. The van der Waals surface area contributed by atoms with Crippen LogP contribution in [0.2, 0.25) is 0 Å². The van der Waals surface area contributed by atoms with Crippen LogP contribution in [0.1, 0.15) is 19.3 Å². The van der Waals surface area contributed by atoms with E-state index >= 15 is 0 Å². The van der Waals surface area contributed by atoms with Gasteiger partial charge in [-0.2, -0.15) is 0 Å². The average Bonchev–Trinajstić information content (AvgIpc) is 1.88. The Hall–Kier alpha value is -0.0905. The van der Waals surface area contributed by atoms with Crippen molar-refractivity contribution < 1.29 is 27.0 Å². The van der Waals surface area contributed by atoms with Gasteiger partial charge in [-0.1, -0.05) is 6.42 Å². The first-order chi connectivity index (χ1) is 4.68. The SMILES string of the molecule is NCCCCC(N)C(=O)O.[Cu+2]. The van der Waals surface area contributed by atoms with Crippen molar-refractivity contribution in [2.45, 2.75) is 25.3 Å². The molecule has 5 N–H and O–H groups in total. The van der Waals surface area contributed by atoms with Gasteiger partial charge in [-0.3, -0.25) is 4.79 Å². The fourth-order valence-corrected chi connectivity index (χ4v) is 0.632. The van der Waals surface area contributed by atoms with Gasteiger partial charge in [0.25, 0.3) is 0 Å². The Morgan fingerprint density at radius 1 is 1.45 bits per heavy atom. The van der Waals surface area contributed by atoms with Gasteiger partial charge < -0.3 is 16.6 Å². The fourth-order valence-electron chi connectivity index (χ4n) is 0.632. The molecule has 1 radical (unpaired) electrons. The van der Waals surface area contributed by atoms with Crippen LogP contribution in [0.3, 0.4) is 0 Å². The molecule has 0 aromatic rings. The summed E-state index contributed by atoms with van der Waals surface area (Å²) < 4.78 is 0. The maximum atomic E-state index is 10.1. The van der Waals surface area contributed by atoms with Crippen LogP contribution in [0.4, 0.5) is 0 Å². The summed E-state index contributed by atoms with van der Waals surface area (Å²) in [6, 6.07) is -0.716. The van der Waals surface area contributed by atoms with Gasteiger partial charge in [0, 0.05) is 0 Å². The van der Waals surface area contributed by atoms with Crippen molar-refractivity contribution in [1.82, 2.24) is 0 Å². The van der Waals surface area contributed by atoms with Crippen molar-refractivity contribution in [2.75, 3.05) is 6.54 Å². The summed E-state index contributed by atoms with van der Waals surface area (Å²) in [4.78, 5) is 10.1. The standard InChI is InChI=1S/C6H14N2O2.Cu/c7-4-2-1-3-5(8)6(9)10;/h5H,1-4,7-8H2,(H,9,10);/q;+2. The number of nitrogens with two attached hydrogens (primary N) is 2. The minimum Gasteiger partial charge on any atom is -0.480 e. The van der Waals surface area contributed by atoms with Crippen LogP contribution in [-0.4, -0.2) is 23.7 Å². The van der Waals surface area contributed by atoms with Crippen molar-refractivity contribution >= 4 is 5.97 Å². The number of aliphatic carboxylic acids is 1. The van der Waals surface area contributed by atoms with E-state index in [9.17, 15) is 4.79 Å². The van der Waals surface area contributed by atoms with E-state index in [0.717, 1.165) is 12.8 Å². The molecular formula is C6H14CuN2O2+2. The Labute approximate surface area is 76.8 Å². The van der Waals surface area contributed by atoms with Crippen LogP contribution in [0.5, 0.6) is 0 Å². The number of rotatable bonds is 5. The molecule has 0 aromatic heterocycles. The predicted octanol–water partition coefficient (Wildman–Crippen LogP) is -0.475. The van der Waals surface area contributed by atoms with Crippen LogP contribution in [-0.2, 0) is 21.9 Å². The fraction of sp³-hybridized carbons (Fsp3) is 0.833. The molecule has 5 heteroatoms. The Morgan fingerprint density at radius 3 is 2.36 bits per heavy atom. The second kappa shape index (κ2) is 8.01. The second-order valence-electron chi connectivity index (χ2n) is 2.23. The van der Waals surface area contributed by atoms with Crippen molar-refractivity contribution in [3.63, 3.8) is 0 Å². The second-order valence-corrected chi connectivity index (χ2v) is 2.23. The summed E-state index contributed by atoms with van der Waals surface area (Å²) in [6.07, 6.45) is 2.16. The third kappa shape index (κ3) is 7.81. The van der Waals surface area contributed by atoms with Crippen molar-refractivity contribution in [3.05, 3.63) is 0 Å². The maximum Gasteiger partial charge on any atom is 2.00 e. The van der Waals surface area contributed by atoms with Gasteiger partial charge >= 0.3 is 23.0 Å². The van der Waals surface area contributed by atoms with Crippen LogP contribution in [0.25, 0.3) is 0 Å². The zero-order valence-electron chi connectivity index (χ0n) is 6.22. The number of unbranched alkanes of at least 4 members (excludes halogenated alkanes) is 1. The topological polar surface area (TPSA) is 89.3 Å². The average molecular weight is 210 g/mol. The molecule has 11 heavy (non-hydrogen) atoms. The molecule has 0 rings (SSSR count). The van der Waals surface area contributed by atoms with Crippen LogP contribution < -0.4 is 11.5 Å².